The molecule has 1 aromatic carbocycles. The molecule has 40 heavy (non-hydrogen) atoms. The van der Waals surface area contributed by atoms with Crippen molar-refractivity contribution in [2.45, 2.75) is 58.0 Å². The summed E-state index contributed by atoms with van der Waals surface area (Å²) in [6.45, 7) is 6.67. The summed E-state index contributed by atoms with van der Waals surface area (Å²) in [7, 11) is 3.53. The van der Waals surface area contributed by atoms with Gasteiger partial charge in [-0.1, -0.05) is 0 Å². The Hall–Kier alpha value is -4.25. The molecule has 1 amide bonds. The van der Waals surface area contributed by atoms with Crippen molar-refractivity contribution < 1.29 is 14.3 Å². The van der Waals surface area contributed by atoms with Gasteiger partial charge in [0.1, 0.15) is 23.0 Å². The largest absolute Gasteiger partial charge is 0.457 e. The second-order valence-corrected chi connectivity index (χ2v) is 10.8. The van der Waals surface area contributed by atoms with Crippen LogP contribution in [0.3, 0.4) is 0 Å². The van der Waals surface area contributed by atoms with Crippen molar-refractivity contribution in [3.63, 3.8) is 0 Å². The Morgan fingerprint density at radius 2 is 1.90 bits per heavy atom. The van der Waals surface area contributed by atoms with E-state index in [1.54, 1.807) is 25.4 Å². The predicted molar refractivity (Wildman–Crippen MR) is 153 cm³/mol. The number of aromatic nitrogens is 5. The van der Waals surface area contributed by atoms with Crippen molar-refractivity contribution in [1.29, 1.82) is 0 Å². The summed E-state index contributed by atoms with van der Waals surface area (Å²) < 4.78 is 14.5. The molecular formula is C29H35N7O4. The molecule has 0 unspecified atom stereocenters. The molecule has 2 aliphatic rings. The summed E-state index contributed by atoms with van der Waals surface area (Å²) in [5, 5.41) is 10.2. The number of rotatable bonds is 6. The van der Waals surface area contributed by atoms with Gasteiger partial charge in [0.15, 0.2) is 0 Å². The van der Waals surface area contributed by atoms with Crippen LogP contribution in [0.5, 0.6) is 11.5 Å². The third kappa shape index (κ3) is 6.48. The summed E-state index contributed by atoms with van der Waals surface area (Å²) in [4.78, 5) is 32.6. The van der Waals surface area contributed by atoms with Crippen LogP contribution in [0.15, 0.2) is 47.4 Å². The van der Waals surface area contributed by atoms with E-state index in [0.29, 0.717) is 34.9 Å². The number of imidazole rings is 1. The number of benzene rings is 1. The number of ether oxygens (including phenoxy) is 2. The molecule has 6 rings (SSSR count). The van der Waals surface area contributed by atoms with Crippen LogP contribution in [-0.2, 0) is 23.6 Å². The monoisotopic (exact) mass is 545 g/mol. The molecule has 2 fully saturated rings. The summed E-state index contributed by atoms with van der Waals surface area (Å²) in [6, 6.07) is 10.7. The molecule has 1 aliphatic heterocycles. The number of aryl methyl sites for hydroxylation is 2. The lowest BCUT2D eigenvalue weighted by Gasteiger charge is -2.14. The molecule has 210 valence electrons. The topological polar surface area (TPSA) is 125 Å². The number of nitrogens with zero attached hydrogens (tertiary/aromatic N) is 5. The lowest BCUT2D eigenvalue weighted by molar-refractivity contribution is -0.114. The van der Waals surface area contributed by atoms with Crippen LogP contribution in [0.2, 0.25) is 0 Å². The molecule has 0 atom stereocenters. The minimum absolute atomic E-state index is 0.194. The summed E-state index contributed by atoms with van der Waals surface area (Å²) in [5.41, 5.74) is 2.95. The number of nitrogens with one attached hydrogen (secondary N) is 2. The molecular weight excluding hydrogens is 510 g/mol. The number of carbonyl (C=O) groups excluding carboxylic acids is 1. The van der Waals surface area contributed by atoms with Gasteiger partial charge in [0, 0.05) is 51.9 Å². The third-order valence-electron chi connectivity index (χ3n) is 6.86. The Morgan fingerprint density at radius 3 is 2.55 bits per heavy atom. The zero-order valence-corrected chi connectivity index (χ0v) is 23.5. The second kappa shape index (κ2) is 11.1. The first-order chi connectivity index (χ1) is 19.1. The molecule has 3 aromatic heterocycles. The molecule has 1 saturated heterocycles. The maximum absolute atomic E-state index is 12.6. The van der Waals surface area contributed by atoms with E-state index in [1.165, 1.54) is 24.4 Å². The molecule has 1 aliphatic carbocycles. The van der Waals surface area contributed by atoms with E-state index in [1.807, 2.05) is 35.9 Å². The quantitative estimate of drug-likeness (QED) is 0.346. The molecule has 0 bridgehead atoms. The molecule has 11 nitrogen and oxygen atoms in total. The number of amides is 1. The molecule has 1 saturated carbocycles. The number of carbonyl (C=O) groups is 1. The van der Waals surface area contributed by atoms with Crippen molar-refractivity contribution >= 4 is 34.4 Å². The Labute approximate surface area is 232 Å². The molecule has 2 N–H and O–H groups in total. The van der Waals surface area contributed by atoms with Gasteiger partial charge in [-0.25, -0.2) is 14.6 Å². The van der Waals surface area contributed by atoms with Crippen molar-refractivity contribution in [3.05, 3.63) is 58.6 Å². The third-order valence-corrected chi connectivity index (χ3v) is 6.86. The smallest absolute Gasteiger partial charge is 0.290 e. The standard InChI is InChI=1S/C23H23N7O3.C6H12O/c1-13(31)25-21-11-16(8-9-24-21)33-15-6-7-17-20(10-15)29(2)23(26-17)27-19-12-18(14-4-5-14)28-30(3)22(19)32;1-6(2)4-3-5-7-6/h6-12,14H,4-5H2,1-3H3,(H,26,27)(H,24,25,31);3-5H2,1-2H3. The minimum Gasteiger partial charge on any atom is -0.457 e. The van der Waals surface area contributed by atoms with Crippen LogP contribution in [-0.4, -0.2) is 42.4 Å². The summed E-state index contributed by atoms with van der Waals surface area (Å²) in [6.07, 6.45) is 6.24. The van der Waals surface area contributed by atoms with E-state index >= 15 is 0 Å². The Balaban J connectivity index is 0.000000403. The van der Waals surface area contributed by atoms with Crippen LogP contribution in [0.4, 0.5) is 17.5 Å². The van der Waals surface area contributed by atoms with Gasteiger partial charge in [-0.2, -0.15) is 5.10 Å². The number of pyridine rings is 1. The van der Waals surface area contributed by atoms with Gasteiger partial charge in [0.05, 0.1) is 22.3 Å². The first kappa shape index (κ1) is 27.3. The maximum Gasteiger partial charge on any atom is 0.290 e. The second-order valence-electron chi connectivity index (χ2n) is 10.8. The molecule has 4 heterocycles. The van der Waals surface area contributed by atoms with Crippen molar-refractivity contribution in [2.24, 2.45) is 14.1 Å². The van der Waals surface area contributed by atoms with E-state index < -0.39 is 0 Å². The molecule has 0 radical (unpaired) electrons. The lowest BCUT2D eigenvalue weighted by atomic mass is 10.1. The first-order valence-electron chi connectivity index (χ1n) is 13.5. The van der Waals surface area contributed by atoms with Crippen LogP contribution >= 0.6 is 0 Å². The summed E-state index contributed by atoms with van der Waals surface area (Å²) in [5.74, 6) is 2.33. The lowest BCUT2D eigenvalue weighted by Crippen LogP contribution is -2.23. The number of hydrogen-bond acceptors (Lipinski definition) is 8. The van der Waals surface area contributed by atoms with Crippen LogP contribution < -0.4 is 20.9 Å². The van der Waals surface area contributed by atoms with Crippen LogP contribution in [0, 0.1) is 0 Å². The highest BCUT2D eigenvalue weighted by atomic mass is 16.5. The van der Waals surface area contributed by atoms with E-state index in [4.69, 9.17) is 9.47 Å². The maximum atomic E-state index is 12.6. The Kier molecular flexibility index (Phi) is 7.57. The highest BCUT2D eigenvalue weighted by Gasteiger charge is 2.27. The minimum atomic E-state index is -0.205. The van der Waals surface area contributed by atoms with E-state index in [2.05, 4.69) is 39.5 Å². The van der Waals surface area contributed by atoms with E-state index in [0.717, 1.165) is 36.2 Å². The van der Waals surface area contributed by atoms with Crippen LogP contribution in [0.25, 0.3) is 11.0 Å². The Morgan fingerprint density at radius 1 is 1.12 bits per heavy atom. The number of fused-ring (bicyclic) bond motifs is 1. The molecule has 0 spiro atoms. The van der Waals surface area contributed by atoms with Gasteiger partial charge in [0.2, 0.25) is 11.9 Å². The number of hydrogen-bond donors (Lipinski definition) is 2. The fourth-order valence-electron chi connectivity index (χ4n) is 4.54. The fraction of sp³-hybridized carbons (Fsp3) is 0.414. The van der Waals surface area contributed by atoms with Gasteiger partial charge in [-0.15, -0.1) is 0 Å². The molecule has 4 aromatic rings. The van der Waals surface area contributed by atoms with Gasteiger partial charge in [-0.3, -0.25) is 9.59 Å². The van der Waals surface area contributed by atoms with Gasteiger partial charge in [0.25, 0.3) is 5.56 Å². The number of anilines is 3. The van der Waals surface area contributed by atoms with Crippen molar-refractivity contribution in [2.75, 3.05) is 17.2 Å². The summed E-state index contributed by atoms with van der Waals surface area (Å²) >= 11 is 0. The normalized spacial score (nSPS) is 15.8. The average Bonchev–Trinajstić information content (AvgIpc) is 3.61. The Bertz CT molecular complexity index is 1600. The van der Waals surface area contributed by atoms with Gasteiger partial charge < -0.3 is 24.7 Å². The zero-order chi connectivity index (χ0) is 28.4. The van der Waals surface area contributed by atoms with Crippen molar-refractivity contribution in [3.8, 4) is 11.5 Å². The highest BCUT2D eigenvalue weighted by molar-refractivity contribution is 5.87. The van der Waals surface area contributed by atoms with E-state index in [-0.39, 0.29) is 17.1 Å². The fourth-order valence-corrected chi connectivity index (χ4v) is 4.54. The molecule has 11 heteroatoms. The zero-order valence-electron chi connectivity index (χ0n) is 23.5. The highest BCUT2D eigenvalue weighted by Crippen LogP contribution is 2.39. The first-order valence-corrected chi connectivity index (χ1v) is 13.5. The van der Waals surface area contributed by atoms with Gasteiger partial charge >= 0.3 is 0 Å². The SMILES string of the molecule is CC(=O)Nc1cc(Oc2ccc3nc(Nc4cc(C5CC5)nn(C)c4=O)n(C)c3c2)ccn1.CC1(C)CCCO1. The van der Waals surface area contributed by atoms with Crippen molar-refractivity contribution in [1.82, 2.24) is 24.3 Å². The van der Waals surface area contributed by atoms with Gasteiger partial charge in [-0.05, 0) is 63.8 Å². The van der Waals surface area contributed by atoms with E-state index in [9.17, 15) is 9.59 Å². The van der Waals surface area contributed by atoms with Crippen LogP contribution in [0.1, 0.15) is 58.1 Å². The predicted octanol–water partition coefficient (Wildman–Crippen LogP) is 5.01. The average molecular weight is 546 g/mol.